The second-order valence-corrected chi connectivity index (χ2v) is 5.93. The molecule has 0 fully saturated rings. The number of aromatic nitrogens is 4. The molecule has 3 rings (SSSR count). The van der Waals surface area contributed by atoms with Crippen LogP contribution in [0.5, 0.6) is 11.5 Å². The van der Waals surface area contributed by atoms with Crippen molar-refractivity contribution in [1.29, 1.82) is 0 Å². The van der Waals surface area contributed by atoms with Crippen LogP contribution in [-0.2, 0) is 11.3 Å². The molecular weight excluding hydrogens is 384 g/mol. The highest BCUT2D eigenvalue weighted by atomic mass is 16.5. The van der Waals surface area contributed by atoms with E-state index in [2.05, 4.69) is 31.9 Å². The number of nitrogens with one attached hydrogen (secondary N) is 1. The third kappa shape index (κ3) is 5.65. The van der Waals surface area contributed by atoms with E-state index in [4.69, 9.17) is 15.9 Å². The summed E-state index contributed by atoms with van der Waals surface area (Å²) in [6.45, 7) is 2.37. The molecule has 152 valence electrons. The number of rotatable bonds is 9. The molecule has 0 saturated carbocycles. The van der Waals surface area contributed by atoms with Crippen LogP contribution in [0.4, 0.5) is 0 Å². The Morgan fingerprint density at radius 1 is 1.23 bits per heavy atom. The summed E-state index contributed by atoms with van der Waals surface area (Å²) in [4.78, 5) is 13.3. The van der Waals surface area contributed by atoms with Crippen LogP contribution in [0.2, 0.25) is 0 Å². The fourth-order valence-electron chi connectivity index (χ4n) is 2.47. The first-order valence-corrected chi connectivity index (χ1v) is 9.18. The van der Waals surface area contributed by atoms with Gasteiger partial charge in [-0.05, 0) is 35.9 Å². The maximum absolute atomic E-state index is 12.1. The van der Waals surface area contributed by atoms with E-state index in [0.717, 1.165) is 11.1 Å². The number of terminal acetylenes is 1. The molecule has 2 aromatic carbocycles. The number of tetrazole rings is 1. The second kappa shape index (κ2) is 10.4. The van der Waals surface area contributed by atoms with E-state index in [1.54, 1.807) is 18.2 Å². The predicted molar refractivity (Wildman–Crippen MR) is 111 cm³/mol. The van der Waals surface area contributed by atoms with E-state index >= 15 is 0 Å². The van der Waals surface area contributed by atoms with Crippen molar-refractivity contribution in [2.45, 2.75) is 13.5 Å². The highest BCUT2D eigenvalue weighted by Crippen LogP contribution is 2.27. The van der Waals surface area contributed by atoms with E-state index in [1.807, 2.05) is 37.3 Å². The number of benzene rings is 2. The van der Waals surface area contributed by atoms with Crippen LogP contribution < -0.4 is 14.9 Å². The minimum absolute atomic E-state index is 0.111. The molecule has 0 atom stereocenters. The Balaban J connectivity index is 1.57. The molecule has 1 N–H and O–H groups in total. The summed E-state index contributed by atoms with van der Waals surface area (Å²) in [5.41, 5.74) is 3.97. The zero-order valence-corrected chi connectivity index (χ0v) is 16.4. The number of carbonyl (C=O) groups is 1. The molecule has 9 heteroatoms. The van der Waals surface area contributed by atoms with Gasteiger partial charge in [-0.1, -0.05) is 36.3 Å². The van der Waals surface area contributed by atoms with Gasteiger partial charge in [-0.15, -0.1) is 16.6 Å². The maximum Gasteiger partial charge on any atom is 0.263 e. The van der Waals surface area contributed by atoms with Gasteiger partial charge in [-0.2, -0.15) is 9.90 Å². The van der Waals surface area contributed by atoms with Crippen LogP contribution in [0, 0.1) is 12.3 Å². The van der Waals surface area contributed by atoms with Crippen LogP contribution in [0.1, 0.15) is 12.5 Å². The molecule has 0 radical (unpaired) electrons. The number of hydrazone groups is 1. The average Bonchev–Trinajstić information content (AvgIpc) is 3.22. The third-order valence-corrected chi connectivity index (χ3v) is 3.75. The van der Waals surface area contributed by atoms with Gasteiger partial charge in [0.2, 0.25) is 5.82 Å². The highest BCUT2D eigenvalue weighted by Gasteiger charge is 2.09. The summed E-state index contributed by atoms with van der Waals surface area (Å²) in [6, 6.07) is 14.6. The number of carbonyl (C=O) groups excluding carboxylic acids is 1. The molecule has 0 aliphatic heterocycles. The molecule has 1 heterocycles. The summed E-state index contributed by atoms with van der Waals surface area (Å²) in [6.07, 6.45) is 6.71. The Morgan fingerprint density at radius 2 is 2.07 bits per heavy atom. The maximum atomic E-state index is 12.1. The monoisotopic (exact) mass is 404 g/mol. The molecule has 0 aliphatic rings. The Morgan fingerprint density at radius 3 is 2.83 bits per heavy atom. The molecule has 1 amide bonds. The first-order valence-electron chi connectivity index (χ1n) is 9.18. The summed E-state index contributed by atoms with van der Waals surface area (Å²) < 4.78 is 11.0. The molecule has 0 spiro atoms. The third-order valence-electron chi connectivity index (χ3n) is 3.75. The SMILES string of the molecule is C#CCOc1ccc(/C=N\NC(=O)Cn2nnc(-c3ccccc3)n2)cc1OCC. The fourth-order valence-corrected chi connectivity index (χ4v) is 2.47. The molecule has 1 aromatic heterocycles. The van der Waals surface area contributed by atoms with Crippen LogP contribution in [0.15, 0.2) is 53.6 Å². The van der Waals surface area contributed by atoms with Gasteiger partial charge in [0.15, 0.2) is 11.5 Å². The van der Waals surface area contributed by atoms with Crippen molar-refractivity contribution >= 4 is 12.1 Å². The Hall–Kier alpha value is -4.19. The van der Waals surface area contributed by atoms with Crippen LogP contribution in [0.25, 0.3) is 11.4 Å². The van der Waals surface area contributed by atoms with Gasteiger partial charge < -0.3 is 9.47 Å². The van der Waals surface area contributed by atoms with Crippen molar-refractivity contribution < 1.29 is 14.3 Å². The zero-order valence-electron chi connectivity index (χ0n) is 16.4. The highest BCUT2D eigenvalue weighted by molar-refractivity contribution is 5.83. The summed E-state index contributed by atoms with van der Waals surface area (Å²) in [7, 11) is 0. The number of nitrogens with zero attached hydrogens (tertiary/aromatic N) is 5. The largest absolute Gasteiger partial charge is 0.490 e. The lowest BCUT2D eigenvalue weighted by molar-refractivity contribution is -0.122. The molecular formula is C21H20N6O3. The number of ether oxygens (including phenoxy) is 2. The second-order valence-electron chi connectivity index (χ2n) is 5.93. The van der Waals surface area contributed by atoms with Crippen molar-refractivity contribution in [3.05, 3.63) is 54.1 Å². The topological polar surface area (TPSA) is 104 Å². The van der Waals surface area contributed by atoms with Gasteiger partial charge in [0.05, 0.1) is 12.8 Å². The smallest absolute Gasteiger partial charge is 0.263 e. The normalized spacial score (nSPS) is 10.5. The van der Waals surface area contributed by atoms with Crippen LogP contribution in [0.3, 0.4) is 0 Å². The molecule has 0 aliphatic carbocycles. The van der Waals surface area contributed by atoms with Crippen molar-refractivity contribution in [3.63, 3.8) is 0 Å². The van der Waals surface area contributed by atoms with Crippen molar-refractivity contribution in [3.8, 4) is 35.2 Å². The first-order chi connectivity index (χ1) is 14.7. The van der Waals surface area contributed by atoms with Gasteiger partial charge >= 0.3 is 0 Å². The number of amides is 1. The fraction of sp³-hybridized carbons (Fsp3) is 0.190. The summed E-state index contributed by atoms with van der Waals surface area (Å²) >= 11 is 0. The van der Waals surface area contributed by atoms with Crippen molar-refractivity contribution in [1.82, 2.24) is 25.6 Å². The molecule has 30 heavy (non-hydrogen) atoms. The van der Waals surface area contributed by atoms with Gasteiger partial charge in [0, 0.05) is 5.56 Å². The van der Waals surface area contributed by atoms with E-state index < -0.39 is 0 Å². The van der Waals surface area contributed by atoms with Crippen molar-refractivity contribution in [2.75, 3.05) is 13.2 Å². The van der Waals surface area contributed by atoms with E-state index in [0.29, 0.717) is 23.9 Å². The lowest BCUT2D eigenvalue weighted by Gasteiger charge is -2.10. The van der Waals surface area contributed by atoms with E-state index in [1.165, 1.54) is 11.0 Å². The lowest BCUT2D eigenvalue weighted by atomic mass is 10.2. The first kappa shape index (κ1) is 20.5. The minimum Gasteiger partial charge on any atom is -0.490 e. The van der Waals surface area contributed by atoms with Gasteiger partial charge in [0.1, 0.15) is 13.2 Å². The van der Waals surface area contributed by atoms with Crippen LogP contribution >= 0.6 is 0 Å². The zero-order chi connectivity index (χ0) is 21.2. The number of hydrogen-bond acceptors (Lipinski definition) is 7. The molecule has 0 bridgehead atoms. The van der Waals surface area contributed by atoms with Gasteiger partial charge in [-0.3, -0.25) is 4.79 Å². The van der Waals surface area contributed by atoms with E-state index in [9.17, 15) is 4.79 Å². The summed E-state index contributed by atoms with van der Waals surface area (Å²) in [5.74, 6) is 3.56. The molecule has 9 nitrogen and oxygen atoms in total. The Kier molecular flexibility index (Phi) is 7.11. The molecule has 0 unspecified atom stereocenters. The van der Waals surface area contributed by atoms with Crippen molar-refractivity contribution in [2.24, 2.45) is 5.10 Å². The minimum atomic E-state index is -0.387. The predicted octanol–water partition coefficient (Wildman–Crippen LogP) is 1.90. The molecule has 3 aromatic rings. The standard InChI is InChI=1S/C21H20N6O3/c1-3-12-30-18-11-10-16(13-19(18)29-4-2)14-22-23-20(28)15-27-25-21(24-26-27)17-8-6-5-7-9-17/h1,5-11,13-14H,4,12,15H2,2H3,(H,23,28)/b22-14-. The average molecular weight is 404 g/mol. The Bertz CT molecular complexity index is 1060. The number of hydrogen-bond donors (Lipinski definition) is 1. The quantitative estimate of drug-likeness (QED) is 0.332. The van der Waals surface area contributed by atoms with Crippen LogP contribution in [-0.4, -0.2) is 45.5 Å². The van der Waals surface area contributed by atoms with E-state index in [-0.39, 0.29) is 19.1 Å². The Labute approximate surface area is 173 Å². The van der Waals surface area contributed by atoms with Gasteiger partial charge in [0.25, 0.3) is 5.91 Å². The summed E-state index contributed by atoms with van der Waals surface area (Å²) in [5, 5.41) is 16.0. The molecule has 0 saturated heterocycles. The van der Waals surface area contributed by atoms with Gasteiger partial charge in [-0.25, -0.2) is 5.43 Å². The lowest BCUT2D eigenvalue weighted by Crippen LogP contribution is -2.24.